The molecule has 0 radical (unpaired) electrons. The zero-order valence-electron chi connectivity index (χ0n) is 16.2. The summed E-state index contributed by atoms with van der Waals surface area (Å²) in [5.41, 5.74) is 0.374. The Morgan fingerprint density at radius 3 is 2.47 bits per heavy atom. The number of carbonyl (C=O) groups excluding carboxylic acids is 2. The fourth-order valence-corrected chi connectivity index (χ4v) is 6.07. The normalized spacial score (nSPS) is 16.9. The fourth-order valence-electron chi connectivity index (χ4n) is 3.42. The molecule has 1 saturated heterocycles. The molecular formula is C21H15Cl2IN2O5S. The lowest BCUT2D eigenvalue weighted by Gasteiger charge is -2.26. The molecule has 7 nitrogen and oxygen atoms in total. The zero-order chi connectivity index (χ0) is 23.0. The van der Waals surface area contributed by atoms with E-state index < -0.39 is 27.9 Å². The number of halogens is 3. The van der Waals surface area contributed by atoms with Crippen molar-refractivity contribution < 1.29 is 22.4 Å². The molecule has 1 aromatic heterocycles. The van der Waals surface area contributed by atoms with E-state index in [1.54, 1.807) is 36.4 Å². The number of imide groups is 1. The van der Waals surface area contributed by atoms with Crippen LogP contribution in [-0.4, -0.2) is 30.6 Å². The van der Waals surface area contributed by atoms with Gasteiger partial charge in [-0.2, -0.15) is 4.31 Å². The minimum absolute atomic E-state index is 0.0508. The summed E-state index contributed by atoms with van der Waals surface area (Å²) in [4.78, 5) is 26.8. The highest BCUT2D eigenvalue weighted by molar-refractivity contribution is 14.1. The Hall–Kier alpha value is -1.92. The molecule has 1 fully saturated rings. The average Bonchev–Trinajstić information content (AvgIpc) is 3.36. The van der Waals surface area contributed by atoms with Crippen LogP contribution in [0.25, 0.3) is 0 Å². The molecule has 0 saturated carbocycles. The average molecular weight is 605 g/mol. The molecule has 0 N–H and O–H groups in total. The summed E-state index contributed by atoms with van der Waals surface area (Å²) in [5, 5.41) is 0.116. The molecule has 2 aromatic carbocycles. The molecule has 0 bridgehead atoms. The number of nitrogens with zero attached hydrogens (tertiary/aromatic N) is 2. The van der Waals surface area contributed by atoms with E-state index in [-0.39, 0.29) is 27.9 Å². The van der Waals surface area contributed by atoms with Crippen LogP contribution < -0.4 is 4.90 Å². The van der Waals surface area contributed by atoms with Crippen LogP contribution in [0.1, 0.15) is 12.2 Å². The van der Waals surface area contributed by atoms with E-state index in [0.29, 0.717) is 11.4 Å². The highest BCUT2D eigenvalue weighted by Crippen LogP contribution is 2.34. The highest BCUT2D eigenvalue weighted by atomic mass is 127. The molecule has 1 aliphatic rings. The number of hydrogen-bond donors (Lipinski definition) is 0. The number of furan rings is 1. The molecule has 4 rings (SSSR count). The van der Waals surface area contributed by atoms with Gasteiger partial charge in [0.2, 0.25) is 15.9 Å². The van der Waals surface area contributed by atoms with Gasteiger partial charge in [0.25, 0.3) is 5.91 Å². The molecule has 2 amide bonds. The van der Waals surface area contributed by atoms with Gasteiger partial charge < -0.3 is 4.42 Å². The van der Waals surface area contributed by atoms with Crippen molar-refractivity contribution in [1.82, 2.24) is 4.31 Å². The van der Waals surface area contributed by atoms with E-state index in [1.807, 2.05) is 0 Å². The summed E-state index contributed by atoms with van der Waals surface area (Å²) in [5.74, 6) is -0.845. The van der Waals surface area contributed by atoms with Crippen LogP contribution in [0, 0.1) is 3.57 Å². The van der Waals surface area contributed by atoms with E-state index >= 15 is 0 Å². The summed E-state index contributed by atoms with van der Waals surface area (Å²) < 4.78 is 34.4. The Morgan fingerprint density at radius 2 is 1.81 bits per heavy atom. The van der Waals surface area contributed by atoms with Crippen molar-refractivity contribution in [3.05, 3.63) is 80.2 Å². The summed E-state index contributed by atoms with van der Waals surface area (Å²) in [6.45, 7) is -0.262. The number of amides is 2. The number of sulfonamides is 1. The number of benzene rings is 2. The van der Waals surface area contributed by atoms with Crippen molar-refractivity contribution in [2.75, 3.05) is 4.90 Å². The first-order valence-electron chi connectivity index (χ1n) is 9.30. The number of hydrogen-bond acceptors (Lipinski definition) is 5. The topological polar surface area (TPSA) is 87.9 Å². The number of rotatable bonds is 6. The van der Waals surface area contributed by atoms with E-state index in [9.17, 15) is 18.0 Å². The monoisotopic (exact) mass is 604 g/mol. The third-order valence-electron chi connectivity index (χ3n) is 4.93. The van der Waals surface area contributed by atoms with Crippen molar-refractivity contribution >= 4 is 73.3 Å². The van der Waals surface area contributed by atoms with Crippen LogP contribution in [0.2, 0.25) is 10.0 Å². The molecule has 11 heteroatoms. The highest BCUT2D eigenvalue weighted by Gasteiger charge is 2.47. The van der Waals surface area contributed by atoms with Gasteiger partial charge in [-0.3, -0.25) is 9.59 Å². The Balaban J connectivity index is 1.77. The van der Waals surface area contributed by atoms with Gasteiger partial charge in [-0.25, -0.2) is 13.3 Å². The van der Waals surface area contributed by atoms with Gasteiger partial charge in [-0.05, 0) is 77.2 Å². The second-order valence-corrected chi connectivity index (χ2v) is 10.9. The molecule has 3 aromatic rings. The van der Waals surface area contributed by atoms with E-state index in [0.717, 1.165) is 12.8 Å². The van der Waals surface area contributed by atoms with E-state index in [2.05, 4.69) is 22.6 Å². The summed E-state index contributed by atoms with van der Waals surface area (Å²) in [7, 11) is -4.33. The van der Waals surface area contributed by atoms with Gasteiger partial charge in [0.05, 0.1) is 29.9 Å². The van der Waals surface area contributed by atoms with Crippen molar-refractivity contribution in [3.63, 3.8) is 0 Å². The predicted molar refractivity (Wildman–Crippen MR) is 128 cm³/mol. The van der Waals surface area contributed by atoms with Gasteiger partial charge in [0, 0.05) is 8.59 Å². The molecule has 0 spiro atoms. The van der Waals surface area contributed by atoms with E-state index in [4.69, 9.17) is 27.6 Å². The largest absolute Gasteiger partial charge is 0.468 e. The molecule has 1 atom stereocenters. The number of anilines is 1. The minimum atomic E-state index is -4.33. The molecule has 2 heterocycles. The Bertz CT molecular complexity index is 1280. The van der Waals surface area contributed by atoms with Gasteiger partial charge >= 0.3 is 0 Å². The van der Waals surface area contributed by atoms with Crippen LogP contribution in [-0.2, 0) is 26.2 Å². The summed E-state index contributed by atoms with van der Waals surface area (Å²) in [6, 6.07) is 12.7. The van der Waals surface area contributed by atoms with E-state index in [1.165, 1.54) is 24.5 Å². The lowest BCUT2D eigenvalue weighted by molar-refractivity contribution is -0.122. The predicted octanol–water partition coefficient (Wildman–Crippen LogP) is 4.71. The van der Waals surface area contributed by atoms with Crippen molar-refractivity contribution in [3.8, 4) is 0 Å². The summed E-state index contributed by atoms with van der Waals surface area (Å²) in [6.07, 6.45) is 1.08. The first kappa shape index (κ1) is 23.2. The molecule has 32 heavy (non-hydrogen) atoms. The van der Waals surface area contributed by atoms with Crippen molar-refractivity contribution in [2.24, 2.45) is 0 Å². The van der Waals surface area contributed by atoms with Crippen LogP contribution in [0.3, 0.4) is 0 Å². The number of carbonyl (C=O) groups is 2. The third-order valence-corrected chi connectivity index (χ3v) is 8.22. The lowest BCUT2D eigenvalue weighted by atomic mass is 10.2. The second-order valence-electron chi connectivity index (χ2n) is 6.97. The smallest absolute Gasteiger partial charge is 0.252 e. The third kappa shape index (κ3) is 4.44. The molecule has 0 aliphatic carbocycles. The lowest BCUT2D eigenvalue weighted by Crippen LogP contribution is -2.45. The van der Waals surface area contributed by atoms with Crippen molar-refractivity contribution in [2.45, 2.75) is 23.9 Å². The maximum absolute atomic E-state index is 13.6. The van der Waals surface area contributed by atoms with Crippen LogP contribution >= 0.6 is 45.8 Å². The Kier molecular flexibility index (Phi) is 6.64. The first-order valence-corrected chi connectivity index (χ1v) is 12.6. The van der Waals surface area contributed by atoms with Crippen LogP contribution in [0.15, 0.2) is 70.2 Å². The van der Waals surface area contributed by atoms with Gasteiger partial charge in [-0.1, -0.05) is 23.2 Å². The Labute approximate surface area is 208 Å². The fraction of sp³-hybridized carbons (Fsp3) is 0.143. The Morgan fingerprint density at radius 1 is 1.09 bits per heavy atom. The summed E-state index contributed by atoms with van der Waals surface area (Å²) >= 11 is 14.3. The molecule has 166 valence electrons. The molecular weight excluding hydrogens is 590 g/mol. The van der Waals surface area contributed by atoms with Gasteiger partial charge in [0.15, 0.2) is 0 Å². The maximum Gasteiger partial charge on any atom is 0.252 e. The standard InChI is InChI=1S/C21H15Cl2IN2O5S/c22-13-3-8-17(23)19(10-13)32(29,30)25(12-16-2-1-9-31-16)18-11-20(27)26(21(18)28)15-6-4-14(24)5-7-15/h1-10,18H,11-12H2. The SMILES string of the molecule is O=C1CC(N(Cc2ccco2)S(=O)(=O)c2cc(Cl)ccc2Cl)C(=O)N1c1ccc(I)cc1. The minimum Gasteiger partial charge on any atom is -0.468 e. The first-order chi connectivity index (χ1) is 15.2. The second kappa shape index (κ2) is 9.14. The zero-order valence-corrected chi connectivity index (χ0v) is 20.7. The van der Waals surface area contributed by atoms with Crippen LogP contribution in [0.4, 0.5) is 5.69 Å². The quantitative estimate of drug-likeness (QED) is 0.300. The van der Waals surface area contributed by atoms with Crippen molar-refractivity contribution in [1.29, 1.82) is 0 Å². The van der Waals surface area contributed by atoms with Gasteiger partial charge in [0.1, 0.15) is 16.7 Å². The van der Waals surface area contributed by atoms with Gasteiger partial charge in [-0.15, -0.1) is 0 Å². The van der Waals surface area contributed by atoms with Crippen LogP contribution in [0.5, 0.6) is 0 Å². The maximum atomic E-state index is 13.6. The molecule has 1 unspecified atom stereocenters. The molecule has 1 aliphatic heterocycles.